The molecule has 1 amide bonds. The van der Waals surface area contributed by atoms with Gasteiger partial charge in [0.1, 0.15) is 28.9 Å². The van der Waals surface area contributed by atoms with Crippen LogP contribution in [0.15, 0.2) is 24.5 Å². The maximum absolute atomic E-state index is 12.2. The van der Waals surface area contributed by atoms with E-state index < -0.39 is 5.60 Å². The number of rotatable bonds is 2. The van der Waals surface area contributed by atoms with Crippen LogP contribution in [-0.2, 0) is 4.74 Å². The Hall–Kier alpha value is -2.08. The van der Waals surface area contributed by atoms with Gasteiger partial charge in [0.2, 0.25) is 0 Å². The van der Waals surface area contributed by atoms with Crippen LogP contribution in [0.2, 0.25) is 5.15 Å². The highest BCUT2D eigenvalue weighted by molar-refractivity contribution is 6.34. The molecule has 0 spiro atoms. The van der Waals surface area contributed by atoms with E-state index in [0.29, 0.717) is 24.0 Å². The lowest BCUT2D eigenvalue weighted by Gasteiger charge is -2.34. The molecule has 1 atom stereocenters. The van der Waals surface area contributed by atoms with E-state index in [9.17, 15) is 4.79 Å². The van der Waals surface area contributed by atoms with E-state index in [4.69, 9.17) is 21.1 Å². The second kappa shape index (κ2) is 7.04. The van der Waals surface area contributed by atoms with Crippen LogP contribution >= 0.6 is 11.6 Å². The van der Waals surface area contributed by atoms with Crippen molar-refractivity contribution in [2.45, 2.75) is 45.3 Å². The predicted octanol–water partition coefficient (Wildman–Crippen LogP) is 4.06. The van der Waals surface area contributed by atoms with Gasteiger partial charge in [-0.3, -0.25) is 0 Å². The Morgan fingerprint density at radius 3 is 2.88 bits per heavy atom. The quantitative estimate of drug-likeness (QED) is 0.753. The molecule has 1 aromatic heterocycles. The molecule has 3 rings (SSSR count). The first-order chi connectivity index (χ1) is 11.8. The molecular formula is C18H22ClN3O3. The average Bonchev–Trinajstić information content (AvgIpc) is 2.54. The van der Waals surface area contributed by atoms with E-state index in [1.807, 2.05) is 39.0 Å². The van der Waals surface area contributed by atoms with Crippen LogP contribution in [0.25, 0.3) is 10.9 Å². The maximum Gasteiger partial charge on any atom is 0.410 e. The highest BCUT2D eigenvalue weighted by Crippen LogP contribution is 2.26. The number of nitrogens with zero attached hydrogens (tertiary/aromatic N) is 3. The van der Waals surface area contributed by atoms with Crippen molar-refractivity contribution in [2.24, 2.45) is 0 Å². The summed E-state index contributed by atoms with van der Waals surface area (Å²) in [5.74, 6) is 0.695. The maximum atomic E-state index is 12.2. The van der Waals surface area contributed by atoms with Crippen LogP contribution in [0, 0.1) is 0 Å². The molecule has 1 saturated heterocycles. The Morgan fingerprint density at radius 2 is 2.12 bits per heavy atom. The number of likely N-dealkylation sites (tertiary alicyclic amines) is 1. The third-order valence-electron chi connectivity index (χ3n) is 3.89. The summed E-state index contributed by atoms with van der Waals surface area (Å²) < 4.78 is 11.5. The van der Waals surface area contributed by atoms with Gasteiger partial charge >= 0.3 is 6.09 Å². The molecule has 1 aliphatic heterocycles. The number of carbonyl (C=O) groups excluding carboxylic acids is 1. The summed E-state index contributed by atoms with van der Waals surface area (Å²) in [6, 6.07) is 5.55. The van der Waals surface area contributed by atoms with Gasteiger partial charge in [-0.05, 0) is 51.8 Å². The Labute approximate surface area is 152 Å². The van der Waals surface area contributed by atoms with Crippen LogP contribution in [0.3, 0.4) is 0 Å². The smallest absolute Gasteiger partial charge is 0.410 e. The first-order valence-corrected chi connectivity index (χ1v) is 8.74. The first-order valence-electron chi connectivity index (χ1n) is 8.37. The third kappa shape index (κ3) is 4.51. The Bertz CT molecular complexity index is 776. The zero-order valence-electron chi connectivity index (χ0n) is 14.7. The van der Waals surface area contributed by atoms with E-state index in [0.717, 1.165) is 23.7 Å². The number of hydrogen-bond acceptors (Lipinski definition) is 5. The Morgan fingerprint density at radius 1 is 1.32 bits per heavy atom. The number of fused-ring (bicyclic) bond motifs is 1. The summed E-state index contributed by atoms with van der Waals surface area (Å²) in [6.45, 7) is 6.79. The standard InChI is InChI=1S/C18H22ClN3O3/c1-18(2,3)25-17(23)22-8-4-5-13(10-22)24-12-6-7-15-14(9-12)16(19)21-11-20-15/h6-7,9,11,13H,4-5,8,10H2,1-3H3/t13-/m0/s1. The monoisotopic (exact) mass is 363 g/mol. The predicted molar refractivity (Wildman–Crippen MR) is 96.0 cm³/mol. The molecule has 0 N–H and O–H groups in total. The molecule has 7 heteroatoms. The summed E-state index contributed by atoms with van der Waals surface area (Å²) in [5.41, 5.74) is 0.270. The molecule has 0 bridgehead atoms. The second-order valence-corrected chi connectivity index (χ2v) is 7.51. The van der Waals surface area contributed by atoms with Crippen LogP contribution in [0.4, 0.5) is 4.79 Å². The lowest BCUT2D eigenvalue weighted by atomic mass is 10.1. The average molecular weight is 364 g/mol. The third-order valence-corrected chi connectivity index (χ3v) is 4.19. The number of hydrogen-bond donors (Lipinski definition) is 0. The van der Waals surface area contributed by atoms with Crippen LogP contribution < -0.4 is 4.74 Å². The van der Waals surface area contributed by atoms with E-state index in [-0.39, 0.29) is 12.2 Å². The summed E-state index contributed by atoms with van der Waals surface area (Å²) in [5, 5.41) is 1.15. The van der Waals surface area contributed by atoms with Gasteiger partial charge in [-0.15, -0.1) is 0 Å². The Kier molecular flexibility index (Phi) is 4.99. The molecule has 2 aromatic rings. The number of carbonyl (C=O) groups is 1. The number of ether oxygens (including phenoxy) is 2. The molecule has 1 fully saturated rings. The number of aromatic nitrogens is 2. The van der Waals surface area contributed by atoms with Crippen molar-refractivity contribution in [2.75, 3.05) is 13.1 Å². The van der Waals surface area contributed by atoms with Gasteiger partial charge in [0.05, 0.1) is 12.1 Å². The van der Waals surface area contributed by atoms with Crippen molar-refractivity contribution in [3.63, 3.8) is 0 Å². The van der Waals surface area contributed by atoms with Crippen molar-refractivity contribution >= 4 is 28.6 Å². The Balaban J connectivity index is 1.68. The van der Waals surface area contributed by atoms with Gasteiger partial charge in [0.25, 0.3) is 0 Å². The highest BCUT2D eigenvalue weighted by atomic mass is 35.5. The van der Waals surface area contributed by atoms with Crippen molar-refractivity contribution in [1.82, 2.24) is 14.9 Å². The molecule has 0 unspecified atom stereocenters. The molecule has 0 saturated carbocycles. The van der Waals surface area contributed by atoms with Gasteiger partial charge in [-0.2, -0.15) is 0 Å². The first kappa shape index (κ1) is 17.7. The van der Waals surface area contributed by atoms with Crippen LogP contribution in [0.1, 0.15) is 33.6 Å². The number of piperidine rings is 1. The van der Waals surface area contributed by atoms with E-state index in [1.165, 1.54) is 6.33 Å². The highest BCUT2D eigenvalue weighted by Gasteiger charge is 2.28. The minimum Gasteiger partial charge on any atom is -0.489 e. The second-order valence-electron chi connectivity index (χ2n) is 7.15. The molecule has 1 aliphatic rings. The summed E-state index contributed by atoms with van der Waals surface area (Å²) >= 11 is 6.12. The lowest BCUT2D eigenvalue weighted by molar-refractivity contribution is 0.00777. The van der Waals surface area contributed by atoms with Gasteiger partial charge in [-0.25, -0.2) is 14.8 Å². The fourth-order valence-electron chi connectivity index (χ4n) is 2.80. The van der Waals surface area contributed by atoms with Crippen molar-refractivity contribution < 1.29 is 14.3 Å². The summed E-state index contributed by atoms with van der Waals surface area (Å²) in [4.78, 5) is 22.1. The van der Waals surface area contributed by atoms with Gasteiger partial charge in [0.15, 0.2) is 0 Å². The van der Waals surface area contributed by atoms with Gasteiger partial charge in [-0.1, -0.05) is 11.6 Å². The molecule has 134 valence electrons. The lowest BCUT2D eigenvalue weighted by Crippen LogP contribution is -2.46. The fourth-order valence-corrected chi connectivity index (χ4v) is 2.99. The molecule has 0 radical (unpaired) electrons. The largest absolute Gasteiger partial charge is 0.489 e. The minimum absolute atomic E-state index is 0.0814. The molecule has 1 aromatic carbocycles. The van der Waals surface area contributed by atoms with E-state index in [1.54, 1.807) is 4.90 Å². The normalized spacial score (nSPS) is 18.2. The van der Waals surface area contributed by atoms with Crippen LogP contribution in [-0.4, -0.2) is 45.8 Å². The summed E-state index contributed by atoms with van der Waals surface area (Å²) in [6.07, 6.45) is 2.82. The zero-order chi connectivity index (χ0) is 18.0. The summed E-state index contributed by atoms with van der Waals surface area (Å²) in [7, 11) is 0. The topological polar surface area (TPSA) is 64.5 Å². The minimum atomic E-state index is -0.500. The molecule has 2 heterocycles. The molecule has 0 aliphatic carbocycles. The van der Waals surface area contributed by atoms with Crippen molar-refractivity contribution in [3.8, 4) is 5.75 Å². The van der Waals surface area contributed by atoms with Crippen molar-refractivity contribution in [3.05, 3.63) is 29.7 Å². The van der Waals surface area contributed by atoms with E-state index in [2.05, 4.69) is 9.97 Å². The van der Waals surface area contributed by atoms with Gasteiger partial charge < -0.3 is 14.4 Å². The fraction of sp³-hybridized carbons (Fsp3) is 0.500. The SMILES string of the molecule is CC(C)(C)OC(=O)N1CCC[C@H](Oc2ccc3ncnc(Cl)c3c2)C1. The number of amides is 1. The zero-order valence-corrected chi connectivity index (χ0v) is 15.4. The van der Waals surface area contributed by atoms with Crippen molar-refractivity contribution in [1.29, 1.82) is 0 Å². The number of halogens is 1. The van der Waals surface area contributed by atoms with Crippen LogP contribution in [0.5, 0.6) is 5.75 Å². The van der Waals surface area contributed by atoms with Gasteiger partial charge in [0, 0.05) is 11.9 Å². The molecule has 25 heavy (non-hydrogen) atoms. The molecular weight excluding hydrogens is 342 g/mol. The molecule has 6 nitrogen and oxygen atoms in total. The van der Waals surface area contributed by atoms with E-state index >= 15 is 0 Å². The number of benzene rings is 1.